The Balaban J connectivity index is 2.24. The Morgan fingerprint density at radius 3 is 2.83 bits per heavy atom. The van der Waals surface area contributed by atoms with Crippen molar-refractivity contribution in [3.63, 3.8) is 0 Å². The van der Waals surface area contributed by atoms with E-state index in [-0.39, 0.29) is 0 Å². The molecule has 0 fully saturated rings. The predicted octanol–water partition coefficient (Wildman–Crippen LogP) is 1.73. The van der Waals surface area contributed by atoms with E-state index in [9.17, 15) is 4.79 Å². The van der Waals surface area contributed by atoms with Crippen molar-refractivity contribution >= 4 is 17.2 Å². The minimum atomic E-state index is 0.390. The van der Waals surface area contributed by atoms with E-state index >= 15 is 0 Å². The molecule has 0 aliphatic carbocycles. The largest absolute Gasteiger partial charge is 0.309 e. The molecule has 0 radical (unpaired) electrons. The number of fused-ring (bicyclic) bond motifs is 1. The molecular formula is C14H19N3O. The summed E-state index contributed by atoms with van der Waals surface area (Å²) in [5.41, 5.74) is 2.00. The Bertz CT molecular complexity index is 531. The zero-order valence-electron chi connectivity index (χ0n) is 11.0. The molecule has 2 rings (SSSR count). The van der Waals surface area contributed by atoms with E-state index in [4.69, 9.17) is 0 Å². The molecule has 0 N–H and O–H groups in total. The molecule has 4 heteroatoms. The molecule has 0 aliphatic heterocycles. The predicted molar refractivity (Wildman–Crippen MR) is 72.7 cm³/mol. The number of hydrogen-bond donors (Lipinski definition) is 0. The molecule has 1 aromatic heterocycles. The molecule has 1 heterocycles. The molecule has 0 saturated heterocycles. The van der Waals surface area contributed by atoms with Gasteiger partial charge in [0, 0.05) is 18.4 Å². The molecule has 0 unspecified atom stereocenters. The summed E-state index contributed by atoms with van der Waals surface area (Å²) in [6.45, 7) is 1.93. The molecule has 96 valence electrons. The molecule has 4 nitrogen and oxygen atoms in total. The zero-order chi connectivity index (χ0) is 13.0. The maximum Gasteiger partial charge on any atom is 0.126 e. The van der Waals surface area contributed by atoms with Crippen molar-refractivity contribution in [2.24, 2.45) is 0 Å². The van der Waals surface area contributed by atoms with Gasteiger partial charge in [0.15, 0.2) is 0 Å². The summed E-state index contributed by atoms with van der Waals surface area (Å²) in [4.78, 5) is 12.8. The number of nitrogens with zero attached hydrogens (tertiary/aromatic N) is 3. The normalized spacial score (nSPS) is 11.3. The summed E-state index contributed by atoms with van der Waals surface area (Å²) in [5, 5.41) is 5.63. The van der Waals surface area contributed by atoms with Gasteiger partial charge in [-0.1, -0.05) is 18.2 Å². The van der Waals surface area contributed by atoms with Crippen molar-refractivity contribution in [2.75, 3.05) is 20.6 Å². The van der Waals surface area contributed by atoms with Crippen LogP contribution in [0.25, 0.3) is 10.9 Å². The molecule has 0 spiro atoms. The van der Waals surface area contributed by atoms with Crippen molar-refractivity contribution in [2.45, 2.75) is 19.4 Å². The van der Waals surface area contributed by atoms with Crippen molar-refractivity contribution in [1.82, 2.24) is 14.7 Å². The molecule has 0 atom stereocenters. The lowest BCUT2D eigenvalue weighted by atomic mass is 10.2. The molecule has 18 heavy (non-hydrogen) atoms. The van der Waals surface area contributed by atoms with Crippen molar-refractivity contribution in [3.05, 3.63) is 30.0 Å². The van der Waals surface area contributed by atoms with E-state index in [0.717, 1.165) is 42.4 Å². The lowest BCUT2D eigenvalue weighted by Crippen LogP contribution is -2.15. The van der Waals surface area contributed by atoms with Gasteiger partial charge in [-0.3, -0.25) is 4.68 Å². The lowest BCUT2D eigenvalue weighted by Gasteiger charge is -2.09. The van der Waals surface area contributed by atoms with Gasteiger partial charge in [-0.2, -0.15) is 5.10 Å². The average molecular weight is 245 g/mol. The van der Waals surface area contributed by atoms with Crippen LogP contribution in [-0.2, 0) is 17.8 Å². The molecular weight excluding hydrogens is 226 g/mol. The first-order valence-corrected chi connectivity index (χ1v) is 6.25. The van der Waals surface area contributed by atoms with Gasteiger partial charge in [0.2, 0.25) is 0 Å². The number of aryl methyl sites for hydroxylation is 1. The van der Waals surface area contributed by atoms with Gasteiger partial charge in [-0.25, -0.2) is 0 Å². The Labute approximate surface area is 107 Å². The minimum absolute atomic E-state index is 0.390. The summed E-state index contributed by atoms with van der Waals surface area (Å²) < 4.78 is 2.01. The number of carbonyl (C=O) groups is 1. The number of aromatic nitrogens is 2. The van der Waals surface area contributed by atoms with E-state index in [1.807, 2.05) is 22.9 Å². The van der Waals surface area contributed by atoms with Crippen LogP contribution in [0.2, 0.25) is 0 Å². The highest BCUT2D eigenvalue weighted by molar-refractivity contribution is 5.83. The van der Waals surface area contributed by atoms with E-state index in [2.05, 4.69) is 30.2 Å². The lowest BCUT2D eigenvalue weighted by molar-refractivity contribution is -0.107. The number of para-hydroxylation sites is 1. The van der Waals surface area contributed by atoms with E-state index < -0.39 is 0 Å². The SMILES string of the molecule is CN(C)CCCn1nc(CC=O)c2ccccc21. The van der Waals surface area contributed by atoms with Crippen LogP contribution >= 0.6 is 0 Å². The van der Waals surface area contributed by atoms with Crippen LogP contribution in [0.5, 0.6) is 0 Å². The van der Waals surface area contributed by atoms with Crippen molar-refractivity contribution in [1.29, 1.82) is 0 Å². The fraction of sp³-hybridized carbons (Fsp3) is 0.429. The third kappa shape index (κ3) is 2.76. The Morgan fingerprint density at radius 1 is 1.33 bits per heavy atom. The Kier molecular flexibility index (Phi) is 4.10. The first-order chi connectivity index (χ1) is 8.72. The topological polar surface area (TPSA) is 38.1 Å². The van der Waals surface area contributed by atoms with Crippen LogP contribution < -0.4 is 0 Å². The summed E-state index contributed by atoms with van der Waals surface area (Å²) in [7, 11) is 4.14. The Morgan fingerprint density at radius 2 is 2.11 bits per heavy atom. The van der Waals surface area contributed by atoms with Crippen molar-refractivity contribution < 1.29 is 4.79 Å². The minimum Gasteiger partial charge on any atom is -0.309 e. The third-order valence-corrected chi connectivity index (χ3v) is 2.99. The smallest absolute Gasteiger partial charge is 0.126 e. The highest BCUT2D eigenvalue weighted by atomic mass is 16.1. The van der Waals surface area contributed by atoms with Gasteiger partial charge in [0.05, 0.1) is 11.2 Å². The summed E-state index contributed by atoms with van der Waals surface area (Å²) in [5.74, 6) is 0. The fourth-order valence-electron chi connectivity index (χ4n) is 2.13. The molecule has 0 saturated carbocycles. The Hall–Kier alpha value is -1.68. The summed E-state index contributed by atoms with van der Waals surface area (Å²) >= 11 is 0. The molecule has 0 bridgehead atoms. The van der Waals surface area contributed by atoms with Crippen LogP contribution in [0, 0.1) is 0 Å². The van der Waals surface area contributed by atoms with Crippen LogP contribution in [0.1, 0.15) is 12.1 Å². The average Bonchev–Trinajstić information content (AvgIpc) is 2.69. The van der Waals surface area contributed by atoms with Gasteiger partial charge >= 0.3 is 0 Å². The summed E-state index contributed by atoms with van der Waals surface area (Å²) in [6.07, 6.45) is 2.36. The van der Waals surface area contributed by atoms with Gasteiger partial charge in [0.25, 0.3) is 0 Å². The number of aldehydes is 1. The van der Waals surface area contributed by atoms with Gasteiger partial charge < -0.3 is 9.69 Å². The van der Waals surface area contributed by atoms with Gasteiger partial charge in [0.1, 0.15) is 6.29 Å². The summed E-state index contributed by atoms with van der Waals surface area (Å²) in [6, 6.07) is 8.09. The van der Waals surface area contributed by atoms with Gasteiger partial charge in [-0.15, -0.1) is 0 Å². The zero-order valence-corrected chi connectivity index (χ0v) is 11.0. The molecule has 2 aromatic rings. The number of hydrogen-bond acceptors (Lipinski definition) is 3. The second-order valence-corrected chi connectivity index (χ2v) is 4.71. The maximum atomic E-state index is 10.7. The number of rotatable bonds is 6. The second-order valence-electron chi connectivity index (χ2n) is 4.71. The quantitative estimate of drug-likeness (QED) is 0.727. The number of benzene rings is 1. The van der Waals surface area contributed by atoms with Crippen LogP contribution in [-0.4, -0.2) is 41.6 Å². The maximum absolute atomic E-state index is 10.7. The van der Waals surface area contributed by atoms with Gasteiger partial charge in [-0.05, 0) is 33.1 Å². The number of carbonyl (C=O) groups excluding carboxylic acids is 1. The van der Waals surface area contributed by atoms with Crippen LogP contribution in [0.3, 0.4) is 0 Å². The van der Waals surface area contributed by atoms with E-state index in [1.54, 1.807) is 0 Å². The highest BCUT2D eigenvalue weighted by Gasteiger charge is 2.09. The third-order valence-electron chi connectivity index (χ3n) is 2.99. The molecule has 0 amide bonds. The molecule has 1 aromatic carbocycles. The van der Waals surface area contributed by atoms with Crippen molar-refractivity contribution in [3.8, 4) is 0 Å². The first kappa shape index (κ1) is 12.8. The fourth-order valence-corrected chi connectivity index (χ4v) is 2.13. The second kappa shape index (κ2) is 5.78. The van der Waals surface area contributed by atoms with Crippen LogP contribution in [0.4, 0.5) is 0 Å². The van der Waals surface area contributed by atoms with E-state index in [0.29, 0.717) is 6.42 Å². The van der Waals surface area contributed by atoms with E-state index in [1.165, 1.54) is 0 Å². The standard InChI is InChI=1S/C14H19N3O/c1-16(2)9-5-10-17-14-7-4-3-6-12(14)13(15-17)8-11-18/h3-4,6-7,11H,5,8-10H2,1-2H3. The monoisotopic (exact) mass is 245 g/mol. The highest BCUT2D eigenvalue weighted by Crippen LogP contribution is 2.18. The van der Waals surface area contributed by atoms with Crippen LogP contribution in [0.15, 0.2) is 24.3 Å². The molecule has 0 aliphatic rings. The first-order valence-electron chi connectivity index (χ1n) is 6.25.